The standard InChI is InChI=1S/C15H15F3N4O2/c16-15(17,18)10-1-3-11(4-2-10)22-8-9(6-19-14(23)24)5-12-13(22)7-20-21-12/h1-4,7,9,19H,5-6,8H2,(H,20,21)(H,23,24). The molecule has 0 aliphatic carbocycles. The normalized spacial score (nSPS) is 17.5. The molecule has 0 fully saturated rings. The van der Waals surface area contributed by atoms with Crippen LogP contribution in [0.3, 0.4) is 0 Å². The minimum absolute atomic E-state index is 0.0173. The number of aromatic nitrogens is 2. The van der Waals surface area contributed by atoms with Gasteiger partial charge in [0.15, 0.2) is 0 Å². The van der Waals surface area contributed by atoms with E-state index in [1.165, 1.54) is 12.1 Å². The number of carboxylic acid groups (broad SMARTS) is 1. The lowest BCUT2D eigenvalue weighted by Gasteiger charge is -2.33. The van der Waals surface area contributed by atoms with Crippen LogP contribution >= 0.6 is 0 Å². The van der Waals surface area contributed by atoms with Crippen LogP contribution in [0.2, 0.25) is 0 Å². The van der Waals surface area contributed by atoms with Crippen LogP contribution in [0.25, 0.3) is 0 Å². The summed E-state index contributed by atoms with van der Waals surface area (Å²) in [6.45, 7) is 0.739. The lowest BCUT2D eigenvalue weighted by Crippen LogP contribution is -2.38. The Kier molecular flexibility index (Phi) is 4.08. The Bertz CT molecular complexity index is 727. The van der Waals surface area contributed by atoms with E-state index < -0.39 is 17.8 Å². The van der Waals surface area contributed by atoms with Gasteiger partial charge in [-0.3, -0.25) is 5.10 Å². The number of carbonyl (C=O) groups is 1. The third-order valence-electron chi connectivity index (χ3n) is 3.97. The van der Waals surface area contributed by atoms with Gasteiger partial charge in [0, 0.05) is 18.8 Å². The molecule has 1 unspecified atom stereocenters. The Morgan fingerprint density at radius 2 is 2.08 bits per heavy atom. The summed E-state index contributed by atoms with van der Waals surface area (Å²) in [5, 5.41) is 17.9. The molecule has 3 rings (SSSR count). The van der Waals surface area contributed by atoms with Gasteiger partial charge in [-0.05, 0) is 36.6 Å². The van der Waals surface area contributed by atoms with E-state index in [4.69, 9.17) is 5.11 Å². The highest BCUT2D eigenvalue weighted by molar-refractivity contribution is 5.67. The van der Waals surface area contributed by atoms with E-state index in [0.717, 1.165) is 23.5 Å². The summed E-state index contributed by atoms with van der Waals surface area (Å²) in [6, 6.07) is 4.89. The Balaban J connectivity index is 1.85. The zero-order valence-electron chi connectivity index (χ0n) is 12.5. The topological polar surface area (TPSA) is 81.2 Å². The number of amides is 1. The Hall–Kier alpha value is -2.71. The van der Waals surface area contributed by atoms with E-state index in [1.807, 2.05) is 4.90 Å². The number of hydrogen-bond acceptors (Lipinski definition) is 3. The van der Waals surface area contributed by atoms with Gasteiger partial charge < -0.3 is 15.3 Å². The largest absolute Gasteiger partial charge is 0.465 e. The fraction of sp³-hybridized carbons (Fsp3) is 0.333. The second-order valence-electron chi connectivity index (χ2n) is 5.65. The van der Waals surface area contributed by atoms with Crippen molar-refractivity contribution in [1.82, 2.24) is 15.5 Å². The van der Waals surface area contributed by atoms with Crippen molar-refractivity contribution in [1.29, 1.82) is 0 Å². The van der Waals surface area contributed by atoms with Crippen molar-refractivity contribution in [3.05, 3.63) is 41.7 Å². The van der Waals surface area contributed by atoms with E-state index in [2.05, 4.69) is 15.5 Å². The van der Waals surface area contributed by atoms with Crippen LogP contribution in [0.4, 0.5) is 29.3 Å². The smallest absolute Gasteiger partial charge is 0.416 e. The number of benzene rings is 1. The number of nitrogens with one attached hydrogen (secondary N) is 2. The molecule has 6 nitrogen and oxygen atoms in total. The van der Waals surface area contributed by atoms with Gasteiger partial charge >= 0.3 is 12.3 Å². The van der Waals surface area contributed by atoms with E-state index >= 15 is 0 Å². The van der Waals surface area contributed by atoms with Gasteiger partial charge in [0.1, 0.15) is 0 Å². The first-order valence-corrected chi connectivity index (χ1v) is 7.28. The lowest BCUT2D eigenvalue weighted by atomic mass is 9.96. The second-order valence-corrected chi connectivity index (χ2v) is 5.65. The number of nitrogens with zero attached hydrogens (tertiary/aromatic N) is 2. The van der Waals surface area contributed by atoms with Crippen LogP contribution in [0.15, 0.2) is 30.5 Å². The molecule has 3 N–H and O–H groups in total. The van der Waals surface area contributed by atoms with Gasteiger partial charge in [-0.1, -0.05) is 0 Å². The fourth-order valence-corrected chi connectivity index (χ4v) is 2.84. The maximum Gasteiger partial charge on any atom is 0.416 e. The number of aromatic amines is 1. The minimum atomic E-state index is -4.38. The van der Waals surface area contributed by atoms with Crippen molar-refractivity contribution in [3.8, 4) is 0 Å². The van der Waals surface area contributed by atoms with E-state index in [0.29, 0.717) is 18.7 Å². The molecular formula is C15H15F3N4O2. The molecule has 2 aromatic rings. The van der Waals surface area contributed by atoms with Crippen molar-refractivity contribution >= 4 is 17.5 Å². The molecular weight excluding hydrogens is 325 g/mol. The third-order valence-corrected chi connectivity index (χ3v) is 3.97. The highest BCUT2D eigenvalue weighted by Crippen LogP contribution is 2.36. The molecule has 0 saturated carbocycles. The molecule has 1 aromatic heterocycles. The first-order chi connectivity index (χ1) is 11.3. The number of rotatable bonds is 3. The Labute approximate surface area is 135 Å². The molecule has 0 bridgehead atoms. The second kappa shape index (κ2) is 6.06. The third kappa shape index (κ3) is 3.29. The SMILES string of the molecule is O=C(O)NCC1Cc2[nH]ncc2N(c2ccc(C(F)(F)F)cc2)C1. The molecule has 1 atom stereocenters. The Morgan fingerprint density at radius 1 is 1.38 bits per heavy atom. The zero-order chi connectivity index (χ0) is 17.3. The molecule has 1 amide bonds. The summed E-state index contributed by atoms with van der Waals surface area (Å²) in [4.78, 5) is 12.5. The van der Waals surface area contributed by atoms with Crippen molar-refractivity contribution < 1.29 is 23.1 Å². The highest BCUT2D eigenvalue weighted by Gasteiger charge is 2.31. The summed E-state index contributed by atoms with van der Waals surface area (Å²) < 4.78 is 38.1. The number of alkyl halides is 3. The zero-order valence-corrected chi connectivity index (χ0v) is 12.5. The molecule has 0 saturated heterocycles. The van der Waals surface area contributed by atoms with Gasteiger partial charge in [0.2, 0.25) is 0 Å². The summed E-state index contributed by atoms with van der Waals surface area (Å²) >= 11 is 0. The molecule has 9 heteroatoms. The number of halogens is 3. The van der Waals surface area contributed by atoms with Crippen LogP contribution in [0, 0.1) is 5.92 Å². The van der Waals surface area contributed by atoms with Crippen LogP contribution < -0.4 is 10.2 Å². The van der Waals surface area contributed by atoms with E-state index in [1.54, 1.807) is 6.20 Å². The maximum atomic E-state index is 12.7. The van der Waals surface area contributed by atoms with E-state index in [9.17, 15) is 18.0 Å². The van der Waals surface area contributed by atoms with Crippen molar-refractivity contribution in [3.63, 3.8) is 0 Å². The molecule has 24 heavy (non-hydrogen) atoms. The number of anilines is 2. The van der Waals surface area contributed by atoms with Gasteiger partial charge in [-0.15, -0.1) is 0 Å². The summed E-state index contributed by atoms with van der Waals surface area (Å²) in [5.41, 5.74) is 1.52. The average molecular weight is 340 g/mol. The predicted octanol–water partition coefficient (Wildman–Crippen LogP) is 3.01. The fourth-order valence-electron chi connectivity index (χ4n) is 2.84. The first-order valence-electron chi connectivity index (χ1n) is 7.28. The molecule has 0 radical (unpaired) electrons. The molecule has 1 aromatic carbocycles. The van der Waals surface area contributed by atoms with Crippen molar-refractivity contribution in [2.24, 2.45) is 5.92 Å². The van der Waals surface area contributed by atoms with Crippen LogP contribution in [0.1, 0.15) is 11.3 Å². The van der Waals surface area contributed by atoms with Gasteiger partial charge in [-0.25, -0.2) is 4.79 Å². The Morgan fingerprint density at radius 3 is 2.71 bits per heavy atom. The molecule has 1 aliphatic rings. The molecule has 1 aliphatic heterocycles. The van der Waals surface area contributed by atoms with Gasteiger partial charge in [-0.2, -0.15) is 18.3 Å². The van der Waals surface area contributed by atoms with Crippen LogP contribution in [-0.4, -0.2) is 34.5 Å². The predicted molar refractivity (Wildman–Crippen MR) is 80.3 cm³/mol. The van der Waals surface area contributed by atoms with Crippen LogP contribution in [0.5, 0.6) is 0 Å². The van der Waals surface area contributed by atoms with Crippen molar-refractivity contribution in [2.45, 2.75) is 12.6 Å². The van der Waals surface area contributed by atoms with E-state index in [-0.39, 0.29) is 12.5 Å². The highest BCUT2D eigenvalue weighted by atomic mass is 19.4. The van der Waals surface area contributed by atoms with Crippen molar-refractivity contribution in [2.75, 3.05) is 18.0 Å². The summed E-state index contributed by atoms with van der Waals surface area (Å²) in [5.74, 6) is -0.0173. The molecule has 0 spiro atoms. The van der Waals surface area contributed by atoms with Gasteiger partial charge in [0.05, 0.1) is 23.1 Å². The lowest BCUT2D eigenvalue weighted by molar-refractivity contribution is -0.137. The number of H-pyrrole nitrogens is 1. The average Bonchev–Trinajstić information content (AvgIpc) is 3.00. The quantitative estimate of drug-likeness (QED) is 0.802. The van der Waals surface area contributed by atoms with Crippen LogP contribution in [-0.2, 0) is 12.6 Å². The maximum absolute atomic E-state index is 12.7. The summed E-state index contributed by atoms with van der Waals surface area (Å²) in [7, 11) is 0. The molecule has 2 heterocycles. The number of fused-ring (bicyclic) bond motifs is 1. The minimum Gasteiger partial charge on any atom is -0.465 e. The van der Waals surface area contributed by atoms with Gasteiger partial charge in [0.25, 0.3) is 0 Å². The number of hydrogen-bond donors (Lipinski definition) is 3. The monoisotopic (exact) mass is 340 g/mol. The molecule has 128 valence electrons. The summed E-state index contributed by atoms with van der Waals surface area (Å²) in [6.07, 6.45) is -3.25. The first kappa shape index (κ1) is 16.2.